The number of benzene rings is 1. The predicted octanol–water partition coefficient (Wildman–Crippen LogP) is 3.64. The zero-order valence-corrected chi connectivity index (χ0v) is 12.3. The van der Waals surface area contributed by atoms with Crippen molar-refractivity contribution in [2.24, 2.45) is 0 Å². The SMILES string of the molecule is Fc1ccc(Nc2nccc(NCc3ccccn3)n2)c(F)c1F. The highest BCUT2D eigenvalue weighted by atomic mass is 19.2. The number of halogens is 3. The molecule has 2 heterocycles. The van der Waals surface area contributed by atoms with Gasteiger partial charge in [0.1, 0.15) is 5.82 Å². The molecule has 24 heavy (non-hydrogen) atoms. The number of rotatable bonds is 5. The Balaban J connectivity index is 1.73. The average Bonchev–Trinajstić information content (AvgIpc) is 2.62. The van der Waals surface area contributed by atoms with E-state index in [2.05, 4.69) is 25.6 Å². The standard InChI is InChI=1S/C16H12F3N5/c17-11-4-5-12(15(19)14(11)18)23-16-21-8-6-13(24-16)22-9-10-3-1-2-7-20-10/h1-8H,9H2,(H2,21,22,23,24). The summed E-state index contributed by atoms with van der Waals surface area (Å²) in [4.78, 5) is 12.2. The summed E-state index contributed by atoms with van der Waals surface area (Å²) in [6.45, 7) is 0.441. The summed E-state index contributed by atoms with van der Waals surface area (Å²) in [7, 11) is 0. The molecule has 1 aromatic carbocycles. The van der Waals surface area contributed by atoms with E-state index >= 15 is 0 Å². The Morgan fingerprint density at radius 3 is 2.54 bits per heavy atom. The van der Waals surface area contributed by atoms with E-state index in [1.165, 1.54) is 6.20 Å². The largest absolute Gasteiger partial charge is 0.364 e. The van der Waals surface area contributed by atoms with Crippen LogP contribution in [0.15, 0.2) is 48.8 Å². The zero-order chi connectivity index (χ0) is 16.9. The molecule has 122 valence electrons. The van der Waals surface area contributed by atoms with E-state index in [9.17, 15) is 13.2 Å². The highest BCUT2D eigenvalue weighted by Crippen LogP contribution is 2.22. The smallest absolute Gasteiger partial charge is 0.229 e. The first-order valence-corrected chi connectivity index (χ1v) is 7.01. The second-order valence-electron chi connectivity index (χ2n) is 4.79. The minimum atomic E-state index is -1.55. The molecule has 2 N–H and O–H groups in total. The van der Waals surface area contributed by atoms with Crippen molar-refractivity contribution >= 4 is 17.5 Å². The van der Waals surface area contributed by atoms with Crippen LogP contribution in [0.2, 0.25) is 0 Å². The zero-order valence-electron chi connectivity index (χ0n) is 12.3. The maximum atomic E-state index is 13.7. The summed E-state index contributed by atoms with van der Waals surface area (Å²) in [6, 6.07) is 9.05. The van der Waals surface area contributed by atoms with E-state index in [0.717, 1.165) is 17.8 Å². The van der Waals surface area contributed by atoms with Gasteiger partial charge in [-0.05, 0) is 30.3 Å². The van der Waals surface area contributed by atoms with Crippen LogP contribution in [0.5, 0.6) is 0 Å². The first kappa shape index (κ1) is 15.7. The van der Waals surface area contributed by atoms with E-state index in [-0.39, 0.29) is 11.6 Å². The first-order chi connectivity index (χ1) is 11.6. The number of anilines is 3. The van der Waals surface area contributed by atoms with E-state index in [1.54, 1.807) is 12.3 Å². The van der Waals surface area contributed by atoms with Gasteiger partial charge in [-0.25, -0.2) is 18.2 Å². The van der Waals surface area contributed by atoms with Crippen LogP contribution in [0, 0.1) is 17.5 Å². The molecule has 0 unspecified atom stereocenters. The molecule has 3 aromatic rings. The van der Waals surface area contributed by atoms with Crippen LogP contribution in [0.1, 0.15) is 5.69 Å². The molecule has 0 aliphatic rings. The second kappa shape index (κ2) is 6.95. The molecule has 0 saturated carbocycles. The van der Waals surface area contributed by atoms with Crippen molar-refractivity contribution in [2.45, 2.75) is 6.54 Å². The van der Waals surface area contributed by atoms with Crippen LogP contribution in [0.3, 0.4) is 0 Å². The van der Waals surface area contributed by atoms with Gasteiger partial charge in [-0.3, -0.25) is 4.98 Å². The molecule has 0 spiro atoms. The van der Waals surface area contributed by atoms with Gasteiger partial charge in [-0.15, -0.1) is 0 Å². The van der Waals surface area contributed by atoms with E-state index in [1.807, 2.05) is 18.2 Å². The number of hydrogen-bond donors (Lipinski definition) is 2. The summed E-state index contributed by atoms with van der Waals surface area (Å²) in [5.74, 6) is -3.62. The lowest BCUT2D eigenvalue weighted by Gasteiger charge is -2.09. The molecular weight excluding hydrogens is 319 g/mol. The second-order valence-corrected chi connectivity index (χ2v) is 4.79. The Hall–Kier alpha value is -3.16. The van der Waals surface area contributed by atoms with Gasteiger partial charge >= 0.3 is 0 Å². The molecule has 3 rings (SSSR count). The molecule has 0 fully saturated rings. The minimum absolute atomic E-state index is 0.0472. The average molecular weight is 331 g/mol. The Labute approximate surface area is 135 Å². The van der Waals surface area contributed by atoms with Gasteiger partial charge < -0.3 is 10.6 Å². The molecule has 2 aromatic heterocycles. The van der Waals surface area contributed by atoms with Gasteiger partial charge in [0.2, 0.25) is 5.95 Å². The third kappa shape index (κ3) is 3.60. The van der Waals surface area contributed by atoms with Crippen LogP contribution in [-0.2, 0) is 6.54 Å². The van der Waals surface area contributed by atoms with Crippen LogP contribution in [0.25, 0.3) is 0 Å². The van der Waals surface area contributed by atoms with Gasteiger partial charge in [0.15, 0.2) is 17.5 Å². The summed E-state index contributed by atoms with van der Waals surface area (Å²) < 4.78 is 39.8. The molecule has 0 aliphatic carbocycles. The Morgan fingerprint density at radius 2 is 1.75 bits per heavy atom. The van der Waals surface area contributed by atoms with Crippen molar-refractivity contribution < 1.29 is 13.2 Å². The van der Waals surface area contributed by atoms with Crippen molar-refractivity contribution in [3.05, 3.63) is 71.9 Å². The highest BCUT2D eigenvalue weighted by Gasteiger charge is 2.14. The van der Waals surface area contributed by atoms with Crippen molar-refractivity contribution in [3.63, 3.8) is 0 Å². The molecule has 0 amide bonds. The highest BCUT2D eigenvalue weighted by molar-refractivity contribution is 5.55. The third-order valence-corrected chi connectivity index (χ3v) is 3.11. The van der Waals surface area contributed by atoms with Gasteiger partial charge in [0.05, 0.1) is 17.9 Å². The lowest BCUT2D eigenvalue weighted by atomic mass is 10.3. The monoisotopic (exact) mass is 331 g/mol. The quantitative estimate of drug-likeness (QED) is 0.699. The van der Waals surface area contributed by atoms with Crippen LogP contribution in [0.4, 0.5) is 30.6 Å². The summed E-state index contributed by atoms with van der Waals surface area (Å²) in [6.07, 6.45) is 3.13. The lowest BCUT2D eigenvalue weighted by Crippen LogP contribution is -2.06. The topological polar surface area (TPSA) is 62.7 Å². The van der Waals surface area contributed by atoms with Crippen LogP contribution in [-0.4, -0.2) is 15.0 Å². The van der Waals surface area contributed by atoms with Gasteiger partial charge in [-0.2, -0.15) is 4.98 Å². The Bertz CT molecular complexity index is 842. The number of pyridine rings is 1. The maximum Gasteiger partial charge on any atom is 0.229 e. The van der Waals surface area contributed by atoms with Crippen molar-refractivity contribution in [3.8, 4) is 0 Å². The number of aromatic nitrogens is 3. The fourth-order valence-electron chi connectivity index (χ4n) is 1.94. The molecule has 0 radical (unpaired) electrons. The summed E-state index contributed by atoms with van der Waals surface area (Å²) in [5.41, 5.74) is 0.563. The minimum Gasteiger partial charge on any atom is -0.364 e. The molecule has 8 heteroatoms. The molecule has 0 bridgehead atoms. The molecule has 0 aliphatic heterocycles. The van der Waals surface area contributed by atoms with E-state index < -0.39 is 17.5 Å². The number of hydrogen-bond acceptors (Lipinski definition) is 5. The Morgan fingerprint density at radius 1 is 0.875 bits per heavy atom. The van der Waals surface area contributed by atoms with Crippen molar-refractivity contribution in [2.75, 3.05) is 10.6 Å². The normalized spacial score (nSPS) is 10.5. The van der Waals surface area contributed by atoms with Crippen LogP contribution < -0.4 is 10.6 Å². The van der Waals surface area contributed by atoms with Crippen molar-refractivity contribution in [1.82, 2.24) is 15.0 Å². The van der Waals surface area contributed by atoms with E-state index in [4.69, 9.17) is 0 Å². The first-order valence-electron chi connectivity index (χ1n) is 7.01. The number of nitrogens with one attached hydrogen (secondary N) is 2. The summed E-state index contributed by atoms with van der Waals surface area (Å²) in [5, 5.41) is 5.56. The Kier molecular flexibility index (Phi) is 4.55. The van der Waals surface area contributed by atoms with Gasteiger partial charge in [0.25, 0.3) is 0 Å². The predicted molar refractivity (Wildman–Crippen MR) is 83.2 cm³/mol. The van der Waals surface area contributed by atoms with E-state index in [0.29, 0.717) is 12.4 Å². The summed E-state index contributed by atoms with van der Waals surface area (Å²) >= 11 is 0. The number of nitrogens with zero attached hydrogens (tertiary/aromatic N) is 3. The molecule has 0 atom stereocenters. The third-order valence-electron chi connectivity index (χ3n) is 3.11. The lowest BCUT2D eigenvalue weighted by molar-refractivity contribution is 0.449. The van der Waals surface area contributed by atoms with Crippen LogP contribution >= 0.6 is 0 Å². The molecule has 0 saturated heterocycles. The molecule has 5 nitrogen and oxygen atoms in total. The maximum absolute atomic E-state index is 13.7. The van der Waals surface area contributed by atoms with Gasteiger partial charge in [0, 0.05) is 12.4 Å². The molecular formula is C16H12F3N5. The fourth-order valence-corrected chi connectivity index (χ4v) is 1.94. The van der Waals surface area contributed by atoms with Gasteiger partial charge in [-0.1, -0.05) is 6.07 Å². The van der Waals surface area contributed by atoms with Crippen molar-refractivity contribution in [1.29, 1.82) is 0 Å². The fraction of sp³-hybridized carbons (Fsp3) is 0.0625.